The van der Waals surface area contributed by atoms with Crippen LogP contribution in [0.25, 0.3) is 10.9 Å². The minimum atomic E-state index is -4.16. The molecule has 11 atom stereocenters. The molecule has 2 heterocycles. The first-order valence-electron chi connectivity index (χ1n) is 31.7. The van der Waals surface area contributed by atoms with E-state index in [9.17, 15) is 88.0 Å². The van der Waals surface area contributed by atoms with Gasteiger partial charge in [-0.3, -0.25) is 67.2 Å². The van der Waals surface area contributed by atoms with Gasteiger partial charge in [0.15, 0.2) is 0 Å². The molecule has 34 heteroatoms. The van der Waals surface area contributed by atoms with Crippen molar-refractivity contribution in [1.82, 2.24) is 62.2 Å². The lowest BCUT2D eigenvalue weighted by molar-refractivity contribution is -0.140. The topological polar surface area (TPSA) is 477 Å². The number of aliphatic hydroxyl groups is 3. The van der Waals surface area contributed by atoms with Gasteiger partial charge in [-0.25, -0.2) is 0 Å². The number of thiol groups is 2. The number of para-hydroxylation sites is 1. The maximum Gasteiger partial charge on any atom is 0.317 e. The van der Waals surface area contributed by atoms with Crippen LogP contribution in [-0.4, -0.2) is 264 Å². The van der Waals surface area contributed by atoms with E-state index in [2.05, 4.69) is 72.8 Å². The van der Waals surface area contributed by atoms with Crippen molar-refractivity contribution < 1.29 is 88.0 Å². The third kappa shape index (κ3) is 27.3. The number of benzene rings is 3. The number of aliphatic hydroxyl groups excluding tert-OH is 3. The molecule has 0 spiro atoms. The number of aliphatic carboxylic acids is 2. The summed E-state index contributed by atoms with van der Waals surface area (Å²) in [6, 6.07) is 9.56. The molecule has 4 aromatic rings. The normalized spacial score (nSPS) is 17.0. The number of carbonyl (C=O) groups excluding carboxylic acids is 8. The summed E-state index contributed by atoms with van der Waals surface area (Å²) in [5.41, 5.74) is 8.00. The average molecular weight is 1410 g/mol. The van der Waals surface area contributed by atoms with E-state index in [4.69, 9.17) is 5.73 Å². The number of nitrogens with one attached hydrogen (secondary N) is 9. The standard InChI is InChI=1S/C63H92N13O18PS2/c1-38(78)50(34-77)70-62(91)52(36-97)72-63(92)56(39(2)79)73-57(86)46(14-8-9-20-64)67-60(89)49(30-42-31-65-45-13-7-6-12-44(42)45)69-59(88)48(29-41-15-17-43(80)18-16-41)68-61(90)51(35-96)71-58(87)47(28-40-10-4-3-5-11-40)66-53(81)19-27-95(93,94)37-76-25-23-74(32-54(82)83)21-22-75(24-26-76)33-55(84)85/h3-7,10-13,15-18,31,38-39,46-52,56,65,77-80,96-97H,8-9,14,19-30,32-37,64H2,1-2H3,(H,66,81)(H,67,89)(H,68,90)(H,69,88)(H,70,91)(H,71,87)(H,72,92)(H,73,86)(H,82,83)(H,84,85)(H,93,94)/t38-,39-,46+,47+,48+,49+,50-,51+,52+,56+/m1/s1. The summed E-state index contributed by atoms with van der Waals surface area (Å²) in [6.45, 7) is 2.62. The Hall–Kier alpha value is -7.69. The number of unbranched alkanes of at least 4 members (excludes halogenated alkanes) is 1. The van der Waals surface area contributed by atoms with E-state index in [0.717, 1.165) is 0 Å². The highest BCUT2D eigenvalue weighted by molar-refractivity contribution is 7.80. The second-order valence-corrected chi connectivity index (χ2v) is 27.0. The Morgan fingerprint density at radius 1 is 0.567 bits per heavy atom. The fourth-order valence-electron chi connectivity index (χ4n) is 10.6. The van der Waals surface area contributed by atoms with Gasteiger partial charge in [-0.1, -0.05) is 60.7 Å². The van der Waals surface area contributed by atoms with Crippen LogP contribution in [0, 0.1) is 0 Å². The third-order valence-electron chi connectivity index (χ3n) is 16.1. The number of fused-ring (bicyclic) bond motifs is 1. The number of carbonyl (C=O) groups is 10. The number of carboxylic acid groups (broad SMARTS) is 2. The van der Waals surface area contributed by atoms with Crippen LogP contribution >= 0.6 is 32.6 Å². The van der Waals surface area contributed by atoms with E-state index < -0.39 is 153 Å². The summed E-state index contributed by atoms with van der Waals surface area (Å²) < 4.78 is 13.8. The fourth-order valence-corrected chi connectivity index (χ4v) is 12.7. The Bertz CT molecular complexity index is 3290. The van der Waals surface area contributed by atoms with Crippen molar-refractivity contribution in [3.8, 4) is 5.75 Å². The van der Waals surface area contributed by atoms with Crippen LogP contribution < -0.4 is 48.3 Å². The Morgan fingerprint density at radius 3 is 1.56 bits per heavy atom. The summed E-state index contributed by atoms with van der Waals surface area (Å²) in [7, 11) is -4.16. The molecule has 31 nitrogen and oxygen atoms in total. The van der Waals surface area contributed by atoms with Gasteiger partial charge in [-0.05, 0) is 74.5 Å². The highest BCUT2D eigenvalue weighted by Gasteiger charge is 2.37. The molecule has 0 saturated carbocycles. The molecule has 0 bridgehead atoms. The third-order valence-corrected chi connectivity index (χ3v) is 18.6. The van der Waals surface area contributed by atoms with Crippen molar-refractivity contribution in [3.63, 3.8) is 0 Å². The molecule has 1 aromatic heterocycles. The van der Waals surface area contributed by atoms with Crippen LogP contribution in [0.3, 0.4) is 0 Å². The van der Waals surface area contributed by atoms with E-state index in [1.54, 1.807) is 75.5 Å². The van der Waals surface area contributed by atoms with Crippen LogP contribution in [0.1, 0.15) is 56.2 Å². The molecule has 0 aliphatic carbocycles. The lowest BCUT2D eigenvalue weighted by Crippen LogP contribution is -2.62. The lowest BCUT2D eigenvalue weighted by Gasteiger charge is -2.29. The van der Waals surface area contributed by atoms with Crippen molar-refractivity contribution in [3.05, 3.63) is 102 Å². The van der Waals surface area contributed by atoms with Gasteiger partial charge in [0.05, 0.1) is 44.2 Å². The van der Waals surface area contributed by atoms with E-state index in [1.807, 2.05) is 0 Å². The number of aromatic nitrogens is 1. The number of amides is 8. The number of phenols is 1. The summed E-state index contributed by atoms with van der Waals surface area (Å²) in [4.78, 5) is 156. The molecule has 1 unspecified atom stereocenters. The second-order valence-electron chi connectivity index (χ2n) is 23.9. The van der Waals surface area contributed by atoms with Gasteiger partial charge in [0.1, 0.15) is 48.0 Å². The summed E-state index contributed by atoms with van der Waals surface area (Å²) in [5, 5.41) is 80.8. The van der Waals surface area contributed by atoms with Gasteiger partial charge in [0.2, 0.25) is 54.6 Å². The average Bonchev–Trinajstić information content (AvgIpc) is 1.75. The molecule has 5 rings (SSSR count). The number of nitrogens with zero attached hydrogens (tertiary/aromatic N) is 3. The van der Waals surface area contributed by atoms with Gasteiger partial charge < -0.3 is 88.8 Å². The number of H-pyrrole nitrogens is 1. The van der Waals surface area contributed by atoms with Crippen molar-refractivity contribution in [2.45, 2.75) is 119 Å². The van der Waals surface area contributed by atoms with Gasteiger partial charge in [0.25, 0.3) is 0 Å². The quantitative estimate of drug-likeness (QED) is 0.0122. The molecule has 534 valence electrons. The monoisotopic (exact) mass is 1410 g/mol. The Kier molecular flexibility index (Phi) is 33.2. The SMILES string of the molecule is C[C@@H](O)[C@H](NC(=O)[C@H](CCCCN)NC(=O)[C@H](Cc1c[nH]c2ccccc12)NC(=O)[C@H](Cc1ccc(O)cc1)NC(=O)[C@H](CS)NC(=O)[C@H](Cc1ccccc1)NC(=O)CCP(=O)(O)CN1CCN(CC(=O)O)CCN(CC(=O)O)CC1)C(=O)N[C@@H](CS)C(=O)N[C@H](CO)[C@@H](C)O. The van der Waals surface area contributed by atoms with Crippen molar-refractivity contribution in [1.29, 1.82) is 0 Å². The molecule has 18 N–H and O–H groups in total. The van der Waals surface area contributed by atoms with Crippen LogP contribution in [0.4, 0.5) is 0 Å². The largest absolute Gasteiger partial charge is 0.508 e. The molecule has 97 heavy (non-hydrogen) atoms. The number of aromatic hydroxyl groups is 1. The zero-order chi connectivity index (χ0) is 71.4. The first-order valence-corrected chi connectivity index (χ1v) is 35.0. The molecule has 8 amide bonds. The Balaban J connectivity index is 1.38. The smallest absolute Gasteiger partial charge is 0.317 e. The summed E-state index contributed by atoms with van der Waals surface area (Å²) in [5.74, 6) is -10.3. The van der Waals surface area contributed by atoms with E-state index in [-0.39, 0.29) is 108 Å². The summed E-state index contributed by atoms with van der Waals surface area (Å²) in [6.07, 6.45) is -2.70. The second kappa shape index (κ2) is 40.3. The number of hydrogen-bond donors (Lipinski definition) is 19. The first kappa shape index (κ1) is 80.0. The number of nitrogens with two attached hydrogens (primary N) is 1. The zero-order valence-electron chi connectivity index (χ0n) is 54.1. The highest BCUT2D eigenvalue weighted by Crippen LogP contribution is 2.41. The van der Waals surface area contributed by atoms with Gasteiger partial charge in [-0.15, -0.1) is 0 Å². The van der Waals surface area contributed by atoms with Crippen LogP contribution in [0.2, 0.25) is 0 Å². The molecule has 1 fully saturated rings. The number of carboxylic acids is 2. The first-order chi connectivity index (χ1) is 46.1. The molecular formula is C63H92N13O18PS2. The van der Waals surface area contributed by atoms with E-state index in [1.165, 1.54) is 38.1 Å². The van der Waals surface area contributed by atoms with Crippen LogP contribution in [-0.2, 0) is 71.8 Å². The summed E-state index contributed by atoms with van der Waals surface area (Å²) >= 11 is 8.54. The number of hydrogen-bond acceptors (Lipinski definition) is 21. The molecular weight excluding hydrogens is 1320 g/mol. The lowest BCUT2D eigenvalue weighted by atomic mass is 10.0. The zero-order valence-corrected chi connectivity index (χ0v) is 56.8. The number of phenolic OH excluding ortho intramolecular Hbond substituents is 1. The number of rotatable bonds is 39. The number of aromatic amines is 1. The molecule has 0 radical (unpaired) electrons. The predicted molar refractivity (Wildman–Crippen MR) is 364 cm³/mol. The maximum absolute atomic E-state index is 15.0. The van der Waals surface area contributed by atoms with Gasteiger partial charge in [0, 0.05) is 99.7 Å². The Morgan fingerprint density at radius 2 is 1.03 bits per heavy atom. The minimum absolute atomic E-state index is 0.0752. The van der Waals surface area contributed by atoms with Gasteiger partial charge in [-0.2, -0.15) is 25.3 Å². The predicted octanol–water partition coefficient (Wildman–Crippen LogP) is -2.77. The molecule has 1 aliphatic rings. The minimum Gasteiger partial charge on any atom is -0.508 e. The Labute approximate surface area is 572 Å². The fraction of sp³-hybridized carbons (Fsp3) is 0.524. The molecule has 1 saturated heterocycles. The van der Waals surface area contributed by atoms with Gasteiger partial charge >= 0.3 is 11.9 Å². The van der Waals surface area contributed by atoms with Crippen molar-refractivity contribution in [2.75, 3.05) is 89.5 Å². The van der Waals surface area contributed by atoms with Crippen LogP contribution in [0.15, 0.2) is 85.1 Å². The maximum atomic E-state index is 15.0. The molecule has 1 aliphatic heterocycles. The van der Waals surface area contributed by atoms with E-state index >= 15 is 0 Å². The van der Waals surface area contributed by atoms with Crippen LogP contribution in [0.5, 0.6) is 5.75 Å². The van der Waals surface area contributed by atoms with Crippen molar-refractivity contribution in [2.24, 2.45) is 5.73 Å². The van der Waals surface area contributed by atoms with Crippen molar-refractivity contribution >= 4 is 103 Å². The van der Waals surface area contributed by atoms with E-state index in [0.29, 0.717) is 34.0 Å². The highest BCUT2D eigenvalue weighted by atomic mass is 32.1. The molecule has 3 aromatic carbocycles.